The highest BCUT2D eigenvalue weighted by molar-refractivity contribution is 7.92. The molecule has 318 valence electrons. The monoisotopic (exact) mass is 880 g/mol. The van der Waals surface area contributed by atoms with Crippen molar-refractivity contribution >= 4 is 75.4 Å². The molecule has 10 rings (SSSR count). The Labute approximate surface area is 361 Å². The number of rotatable bonds is 8. The van der Waals surface area contributed by atoms with Gasteiger partial charge in [0.25, 0.3) is 0 Å². The van der Waals surface area contributed by atoms with Crippen LogP contribution in [0.15, 0.2) is 141 Å². The first-order valence-electron chi connectivity index (χ1n) is 19.8. The third-order valence-corrected chi connectivity index (χ3v) is 14.7. The Bertz CT molecular complexity index is 3020. The Morgan fingerprint density at radius 2 is 0.984 bits per heavy atom. The van der Waals surface area contributed by atoms with E-state index in [1.165, 1.54) is 0 Å². The van der Waals surface area contributed by atoms with Gasteiger partial charge in [-0.25, -0.2) is 16.8 Å². The van der Waals surface area contributed by atoms with Crippen molar-refractivity contribution in [1.29, 1.82) is 0 Å². The number of nitrogens with zero attached hydrogens (tertiary/aromatic N) is 3. The van der Waals surface area contributed by atoms with Gasteiger partial charge in [0.15, 0.2) is 10.1 Å². The van der Waals surface area contributed by atoms with E-state index in [1.54, 1.807) is 48.5 Å². The molecule has 0 radical (unpaired) electrons. The van der Waals surface area contributed by atoms with E-state index in [1.807, 2.05) is 72.8 Å². The predicted molar refractivity (Wildman–Crippen MR) is 243 cm³/mol. The van der Waals surface area contributed by atoms with Crippen LogP contribution in [0.2, 0.25) is 0 Å². The van der Waals surface area contributed by atoms with Gasteiger partial charge in [-0.15, -0.1) is 12.4 Å². The molecule has 3 N–H and O–H groups in total. The van der Waals surface area contributed by atoms with Gasteiger partial charge in [0.2, 0.25) is 19.7 Å². The quantitative estimate of drug-likeness (QED) is 0.135. The molecule has 0 saturated carbocycles. The third-order valence-electron chi connectivity index (χ3n) is 11.2. The minimum Gasteiger partial charge on any atom is -0.490 e. The predicted octanol–water partition coefficient (Wildman–Crippen LogP) is 8.76. The van der Waals surface area contributed by atoms with Gasteiger partial charge in [0.1, 0.15) is 23.7 Å². The molecular weight excluding hydrogens is 832 g/mol. The van der Waals surface area contributed by atoms with Crippen molar-refractivity contribution < 1.29 is 26.3 Å². The van der Waals surface area contributed by atoms with Crippen molar-refractivity contribution in [3.63, 3.8) is 0 Å². The van der Waals surface area contributed by atoms with Crippen LogP contribution in [0.3, 0.4) is 0 Å². The number of ether oxygens (including phenoxy) is 2. The molecular formula is C46H49ClN6O6S2. The number of nitrogens with one attached hydrogen (secondary N) is 3. The molecule has 0 atom stereocenters. The summed E-state index contributed by atoms with van der Waals surface area (Å²) < 4.78 is 66.4. The first-order valence-corrected chi connectivity index (χ1v) is 22.8. The number of likely N-dealkylation sites (tertiary alicyclic amines) is 1. The summed E-state index contributed by atoms with van der Waals surface area (Å²) in [5, 5.41) is 21.7. The molecule has 2 aliphatic heterocycles. The van der Waals surface area contributed by atoms with E-state index < -0.39 is 19.7 Å². The molecule has 0 aliphatic carbocycles. The first-order chi connectivity index (χ1) is 28.6. The van der Waals surface area contributed by atoms with Gasteiger partial charge in [-0.2, -0.15) is 10.2 Å². The molecule has 61 heavy (non-hydrogen) atoms. The highest BCUT2D eigenvalue weighted by Gasteiger charge is 2.27. The zero-order valence-corrected chi connectivity index (χ0v) is 35.3. The Morgan fingerprint density at radius 1 is 0.557 bits per heavy atom. The van der Waals surface area contributed by atoms with Crippen LogP contribution in [0.1, 0.15) is 33.1 Å². The summed E-state index contributed by atoms with van der Waals surface area (Å²) in [5.74, 6) is 1.34. The second-order valence-electron chi connectivity index (χ2n) is 15.1. The fraction of sp³-hybridized carbons (Fsp3) is 0.261. The topological polar surface area (TPSA) is 159 Å². The molecule has 8 aromatic rings. The highest BCUT2D eigenvalue weighted by atomic mass is 35.5. The number of fused-ring (bicyclic) bond motifs is 4. The molecule has 2 aliphatic rings. The fourth-order valence-corrected chi connectivity index (χ4v) is 11.1. The van der Waals surface area contributed by atoms with E-state index in [-0.39, 0.29) is 51.9 Å². The lowest BCUT2D eigenvalue weighted by Crippen LogP contribution is -2.35. The number of H-pyrrole nitrogens is 2. The lowest BCUT2D eigenvalue weighted by atomic mass is 10.1. The average molecular weight is 882 g/mol. The number of sulfone groups is 2. The van der Waals surface area contributed by atoms with Crippen molar-refractivity contribution in [3.8, 4) is 11.5 Å². The van der Waals surface area contributed by atoms with E-state index in [9.17, 15) is 16.8 Å². The van der Waals surface area contributed by atoms with E-state index in [0.717, 1.165) is 62.6 Å². The molecule has 15 heteroatoms. The molecule has 12 nitrogen and oxygen atoms in total. The lowest BCUT2D eigenvalue weighted by molar-refractivity contribution is 0.114. The summed E-state index contributed by atoms with van der Waals surface area (Å²) in [6.45, 7) is 3.86. The maximum absolute atomic E-state index is 13.5. The molecule has 0 amide bonds. The van der Waals surface area contributed by atoms with E-state index in [2.05, 4.69) is 37.7 Å². The SMILES string of the molecule is C.CN1CCC(Oc2ccc3n[nH]c(S(=O)(=O)c4cccc5ccccc45)c3c2)CC1.Cl.O=S(=O)(c1cccc2ccccc12)c1[nH]nc2ccc(OC3CCNCC3)cc12. The van der Waals surface area contributed by atoms with Crippen molar-refractivity contribution in [2.75, 3.05) is 33.2 Å². The van der Waals surface area contributed by atoms with Gasteiger partial charge in [-0.1, -0.05) is 80.2 Å². The average Bonchev–Trinajstić information content (AvgIpc) is 3.90. The van der Waals surface area contributed by atoms with Crippen LogP contribution in [0.5, 0.6) is 11.5 Å². The smallest absolute Gasteiger partial charge is 0.224 e. The van der Waals surface area contributed by atoms with Crippen LogP contribution in [0, 0.1) is 0 Å². The number of hydrogen-bond donors (Lipinski definition) is 3. The number of benzene rings is 6. The van der Waals surface area contributed by atoms with Crippen LogP contribution >= 0.6 is 12.4 Å². The minimum absolute atomic E-state index is 0. The van der Waals surface area contributed by atoms with Gasteiger partial charge in [0, 0.05) is 34.6 Å². The van der Waals surface area contributed by atoms with E-state index in [4.69, 9.17) is 9.47 Å². The largest absolute Gasteiger partial charge is 0.490 e. The van der Waals surface area contributed by atoms with Crippen molar-refractivity contribution in [2.45, 2.75) is 65.2 Å². The maximum atomic E-state index is 13.5. The van der Waals surface area contributed by atoms with Crippen molar-refractivity contribution in [1.82, 2.24) is 30.6 Å². The Balaban J connectivity index is 0.000000178. The normalized spacial score (nSPS) is 15.5. The summed E-state index contributed by atoms with van der Waals surface area (Å²) >= 11 is 0. The first kappa shape index (κ1) is 43.6. The molecule has 0 spiro atoms. The molecule has 2 aromatic heterocycles. The molecule has 2 saturated heterocycles. The maximum Gasteiger partial charge on any atom is 0.224 e. The van der Waals surface area contributed by atoms with Crippen LogP contribution in [0.25, 0.3) is 43.4 Å². The number of halogens is 1. The Kier molecular flexibility index (Phi) is 13.0. The van der Waals surface area contributed by atoms with Crippen LogP contribution < -0.4 is 14.8 Å². The van der Waals surface area contributed by atoms with Crippen molar-refractivity contribution in [3.05, 3.63) is 121 Å². The van der Waals surface area contributed by atoms with Crippen LogP contribution in [0.4, 0.5) is 0 Å². The van der Waals surface area contributed by atoms with E-state index in [0.29, 0.717) is 44.1 Å². The second kappa shape index (κ2) is 18.2. The standard InChI is InChI=1S/C23H23N3O3S.C22H21N3O3S.CH4.ClH/c1-26-13-11-17(12-14-26)29-18-9-10-21-20(15-18)23(25-24-21)30(27,28)22-8-4-6-16-5-2-3-7-19(16)22;26-29(27,21-7-3-5-15-4-1-2-6-18(15)21)22-19-14-17(8-9-20(19)24-25-22)28-16-10-12-23-13-11-16;;/h2-10,15,17H,11-14H2,1H3,(H,24,25);1-9,14,16,23H,10-13H2,(H,24,25);1H4;1H. The molecule has 2 fully saturated rings. The second-order valence-corrected chi connectivity index (χ2v) is 18.8. The number of aromatic amines is 2. The van der Waals surface area contributed by atoms with Gasteiger partial charge < -0.3 is 19.7 Å². The highest BCUT2D eigenvalue weighted by Crippen LogP contribution is 2.35. The van der Waals surface area contributed by atoms with Gasteiger partial charge in [-0.05, 0) is 105 Å². The zero-order valence-electron chi connectivity index (χ0n) is 32.9. The summed E-state index contributed by atoms with van der Waals surface area (Å²) in [5.41, 5.74) is 1.20. The number of piperidine rings is 2. The minimum atomic E-state index is -3.79. The summed E-state index contributed by atoms with van der Waals surface area (Å²) in [4.78, 5) is 2.83. The van der Waals surface area contributed by atoms with Gasteiger partial charge in [0.05, 0.1) is 20.8 Å². The molecule has 0 unspecified atom stereocenters. The zero-order chi connectivity index (χ0) is 40.6. The Morgan fingerprint density at radius 3 is 1.46 bits per heavy atom. The third kappa shape index (κ3) is 8.82. The molecule has 4 heterocycles. The number of hydrogen-bond acceptors (Lipinski definition) is 10. The van der Waals surface area contributed by atoms with Gasteiger partial charge in [-0.3, -0.25) is 10.2 Å². The van der Waals surface area contributed by atoms with Gasteiger partial charge >= 0.3 is 0 Å². The summed E-state index contributed by atoms with van der Waals surface area (Å²) in [7, 11) is -5.46. The van der Waals surface area contributed by atoms with Crippen LogP contribution in [-0.4, -0.2) is 87.6 Å². The Hall–Kier alpha value is -5.51. The van der Waals surface area contributed by atoms with Crippen molar-refractivity contribution in [2.24, 2.45) is 0 Å². The molecule has 6 aromatic carbocycles. The lowest BCUT2D eigenvalue weighted by Gasteiger charge is -2.29. The summed E-state index contributed by atoms with van der Waals surface area (Å²) in [6.07, 6.45) is 4.07. The van der Waals surface area contributed by atoms with E-state index >= 15 is 0 Å². The molecule has 0 bridgehead atoms. The van der Waals surface area contributed by atoms with Crippen LogP contribution in [-0.2, 0) is 19.7 Å². The fourth-order valence-electron chi connectivity index (χ4n) is 7.97. The number of aromatic nitrogens is 4. The summed E-state index contributed by atoms with van der Waals surface area (Å²) in [6, 6.07) is 36.5.